The number of urea groups is 1. The summed E-state index contributed by atoms with van der Waals surface area (Å²) < 4.78 is 7.29. The highest BCUT2D eigenvalue weighted by atomic mass is 16.5. The van der Waals surface area contributed by atoms with E-state index in [0.29, 0.717) is 24.4 Å². The van der Waals surface area contributed by atoms with E-state index in [1.807, 2.05) is 29.3 Å². The smallest absolute Gasteiger partial charge is 0.338 e. The van der Waals surface area contributed by atoms with Gasteiger partial charge in [0.1, 0.15) is 0 Å². The number of carbonyl (C=O) groups excluding carboxylic acids is 2. The van der Waals surface area contributed by atoms with Crippen LogP contribution < -0.4 is 5.32 Å². The van der Waals surface area contributed by atoms with E-state index in [0.717, 1.165) is 28.9 Å². The summed E-state index contributed by atoms with van der Waals surface area (Å²) in [7, 11) is 0. The molecule has 2 amide bonds. The van der Waals surface area contributed by atoms with Crippen molar-refractivity contribution in [3.63, 3.8) is 0 Å². The Morgan fingerprint density at radius 1 is 0.944 bits per heavy atom. The van der Waals surface area contributed by atoms with Crippen molar-refractivity contribution in [3.8, 4) is 5.69 Å². The number of aromatic nitrogens is 1. The molecule has 0 bridgehead atoms. The molecule has 3 aromatic carbocycles. The van der Waals surface area contributed by atoms with Crippen molar-refractivity contribution in [3.05, 3.63) is 119 Å². The minimum atomic E-state index is -0.413. The summed E-state index contributed by atoms with van der Waals surface area (Å²) in [6.45, 7) is 4.62. The molecule has 1 aliphatic rings. The van der Waals surface area contributed by atoms with Gasteiger partial charge in [0.05, 0.1) is 30.4 Å². The lowest BCUT2D eigenvalue weighted by Crippen LogP contribution is -2.38. The maximum atomic E-state index is 13.9. The van der Waals surface area contributed by atoms with Crippen LogP contribution in [0.5, 0.6) is 0 Å². The number of ether oxygens (including phenoxy) is 1. The van der Waals surface area contributed by atoms with Gasteiger partial charge in [0.25, 0.3) is 0 Å². The Labute approximate surface area is 211 Å². The number of aryl methyl sites for hydroxylation is 1. The van der Waals surface area contributed by atoms with Crippen LogP contribution >= 0.6 is 0 Å². The van der Waals surface area contributed by atoms with E-state index < -0.39 is 5.97 Å². The predicted molar refractivity (Wildman–Crippen MR) is 140 cm³/mol. The Morgan fingerprint density at radius 3 is 2.53 bits per heavy atom. The minimum Gasteiger partial charge on any atom is -0.462 e. The number of benzene rings is 3. The van der Waals surface area contributed by atoms with Crippen molar-refractivity contribution in [2.75, 3.05) is 11.9 Å². The molecule has 0 saturated carbocycles. The first-order chi connectivity index (χ1) is 17.6. The van der Waals surface area contributed by atoms with Gasteiger partial charge in [0.2, 0.25) is 0 Å². The molecule has 0 radical (unpaired) electrons. The van der Waals surface area contributed by atoms with Crippen LogP contribution in [0.2, 0.25) is 0 Å². The van der Waals surface area contributed by atoms with E-state index in [-0.39, 0.29) is 12.1 Å². The SMILES string of the molecule is CCOC(=O)c1cccc(NC(=O)N2Cc3ccccc3-n3cccc3[C@H]2c2ccc(CC)cc2)c1. The molecule has 0 fully saturated rings. The minimum absolute atomic E-state index is 0.245. The number of nitrogens with one attached hydrogen (secondary N) is 1. The Kier molecular flexibility index (Phi) is 6.58. The number of rotatable bonds is 5. The monoisotopic (exact) mass is 479 g/mol. The Hall–Kier alpha value is -4.32. The number of esters is 1. The van der Waals surface area contributed by atoms with E-state index in [1.54, 1.807) is 31.2 Å². The number of carbonyl (C=O) groups is 2. The molecular weight excluding hydrogens is 450 g/mol. The number of anilines is 1. The van der Waals surface area contributed by atoms with Gasteiger partial charge in [-0.25, -0.2) is 9.59 Å². The maximum Gasteiger partial charge on any atom is 0.338 e. The lowest BCUT2D eigenvalue weighted by Gasteiger charge is -2.31. The van der Waals surface area contributed by atoms with Gasteiger partial charge in [-0.3, -0.25) is 0 Å². The van der Waals surface area contributed by atoms with Crippen LogP contribution in [-0.2, 0) is 17.7 Å². The molecule has 4 aromatic rings. The molecule has 1 atom stereocenters. The second kappa shape index (κ2) is 10.1. The molecular formula is C30H29N3O3. The molecule has 0 saturated heterocycles. The number of nitrogens with zero attached hydrogens (tertiary/aromatic N) is 2. The Morgan fingerprint density at radius 2 is 1.75 bits per heavy atom. The zero-order chi connectivity index (χ0) is 25.1. The fraction of sp³-hybridized carbons (Fsp3) is 0.200. The third-order valence-corrected chi connectivity index (χ3v) is 6.55. The van der Waals surface area contributed by atoms with Crippen LogP contribution in [0, 0.1) is 0 Å². The largest absolute Gasteiger partial charge is 0.462 e. The molecule has 1 N–H and O–H groups in total. The van der Waals surface area contributed by atoms with Crippen molar-refractivity contribution in [1.82, 2.24) is 9.47 Å². The number of fused-ring (bicyclic) bond motifs is 3. The summed E-state index contributed by atoms with van der Waals surface area (Å²) >= 11 is 0. The first-order valence-electron chi connectivity index (χ1n) is 12.3. The normalized spacial score (nSPS) is 14.4. The topological polar surface area (TPSA) is 63.6 Å². The molecule has 1 aromatic heterocycles. The van der Waals surface area contributed by atoms with Crippen LogP contribution in [0.25, 0.3) is 5.69 Å². The van der Waals surface area contributed by atoms with Gasteiger partial charge in [-0.2, -0.15) is 0 Å². The van der Waals surface area contributed by atoms with Gasteiger partial charge in [-0.15, -0.1) is 0 Å². The summed E-state index contributed by atoms with van der Waals surface area (Å²) in [5.74, 6) is -0.413. The summed E-state index contributed by atoms with van der Waals surface area (Å²) in [6, 6.07) is 27.0. The Bertz CT molecular complexity index is 1390. The standard InChI is InChI=1S/C30H29N3O3/c1-3-21-14-16-22(17-15-21)28-27-13-8-18-32(27)26-12-6-5-9-24(26)20-33(28)30(35)31-25-11-7-10-23(19-25)29(34)36-4-2/h5-19,28H,3-4,20H2,1-2H3,(H,31,35)/t28-/m1/s1. The highest BCUT2D eigenvalue weighted by Gasteiger charge is 2.33. The molecule has 2 heterocycles. The molecule has 0 unspecified atom stereocenters. The molecule has 36 heavy (non-hydrogen) atoms. The van der Waals surface area contributed by atoms with Crippen LogP contribution in [0.4, 0.5) is 10.5 Å². The third-order valence-electron chi connectivity index (χ3n) is 6.55. The fourth-order valence-electron chi connectivity index (χ4n) is 4.76. The fourth-order valence-corrected chi connectivity index (χ4v) is 4.76. The zero-order valence-electron chi connectivity index (χ0n) is 20.5. The molecule has 5 rings (SSSR count). The second-order valence-corrected chi connectivity index (χ2v) is 8.79. The van der Waals surface area contributed by atoms with Crippen molar-refractivity contribution in [2.24, 2.45) is 0 Å². The van der Waals surface area contributed by atoms with Crippen molar-refractivity contribution >= 4 is 17.7 Å². The number of hydrogen-bond acceptors (Lipinski definition) is 3. The zero-order valence-corrected chi connectivity index (χ0v) is 20.5. The van der Waals surface area contributed by atoms with Gasteiger partial charge >= 0.3 is 12.0 Å². The first kappa shape index (κ1) is 23.4. The van der Waals surface area contributed by atoms with Gasteiger partial charge in [-0.05, 0) is 66.4 Å². The molecule has 0 spiro atoms. The van der Waals surface area contributed by atoms with Crippen molar-refractivity contribution in [2.45, 2.75) is 32.9 Å². The number of para-hydroxylation sites is 1. The van der Waals surface area contributed by atoms with Crippen LogP contribution in [0.3, 0.4) is 0 Å². The first-order valence-corrected chi connectivity index (χ1v) is 12.3. The third kappa shape index (κ3) is 4.50. The molecule has 6 nitrogen and oxygen atoms in total. The number of amides is 2. The average Bonchev–Trinajstić information content (AvgIpc) is 3.33. The van der Waals surface area contributed by atoms with Gasteiger partial charge in [0, 0.05) is 17.6 Å². The lowest BCUT2D eigenvalue weighted by atomic mass is 10.00. The summed E-state index contributed by atoms with van der Waals surface area (Å²) in [4.78, 5) is 27.9. The van der Waals surface area contributed by atoms with E-state index >= 15 is 0 Å². The van der Waals surface area contributed by atoms with E-state index in [1.165, 1.54) is 5.56 Å². The molecule has 0 aliphatic carbocycles. The van der Waals surface area contributed by atoms with Crippen LogP contribution in [-0.4, -0.2) is 28.1 Å². The summed E-state index contributed by atoms with van der Waals surface area (Å²) in [5, 5.41) is 3.02. The molecule has 182 valence electrons. The van der Waals surface area contributed by atoms with Gasteiger partial charge in [-0.1, -0.05) is 55.5 Å². The molecule has 1 aliphatic heterocycles. The van der Waals surface area contributed by atoms with Gasteiger partial charge < -0.3 is 19.5 Å². The summed E-state index contributed by atoms with van der Waals surface area (Å²) in [6.07, 6.45) is 3.00. The number of hydrogen-bond donors (Lipinski definition) is 1. The highest BCUT2D eigenvalue weighted by Crippen LogP contribution is 2.37. The quantitative estimate of drug-likeness (QED) is 0.339. The van der Waals surface area contributed by atoms with Crippen LogP contribution in [0.15, 0.2) is 91.1 Å². The average molecular weight is 480 g/mol. The van der Waals surface area contributed by atoms with E-state index in [4.69, 9.17) is 4.74 Å². The summed E-state index contributed by atoms with van der Waals surface area (Å²) in [5.41, 5.74) is 6.35. The lowest BCUT2D eigenvalue weighted by molar-refractivity contribution is 0.0526. The van der Waals surface area contributed by atoms with E-state index in [9.17, 15) is 9.59 Å². The van der Waals surface area contributed by atoms with Crippen molar-refractivity contribution in [1.29, 1.82) is 0 Å². The van der Waals surface area contributed by atoms with Gasteiger partial charge in [0.15, 0.2) is 0 Å². The predicted octanol–water partition coefficient (Wildman–Crippen LogP) is 6.35. The van der Waals surface area contributed by atoms with Crippen molar-refractivity contribution < 1.29 is 14.3 Å². The van der Waals surface area contributed by atoms with E-state index in [2.05, 4.69) is 59.3 Å². The maximum absolute atomic E-state index is 13.9. The second-order valence-electron chi connectivity index (χ2n) is 8.79. The molecule has 6 heteroatoms. The Balaban J connectivity index is 1.55. The van der Waals surface area contributed by atoms with Crippen LogP contribution in [0.1, 0.15) is 52.6 Å². The highest BCUT2D eigenvalue weighted by molar-refractivity contribution is 5.94.